The van der Waals surface area contributed by atoms with Gasteiger partial charge < -0.3 is 10.0 Å². The van der Waals surface area contributed by atoms with Crippen LogP contribution in [0.5, 0.6) is 0 Å². The summed E-state index contributed by atoms with van der Waals surface area (Å²) in [4.78, 5) is 22.6. The molecule has 0 radical (unpaired) electrons. The SMILES string of the molecule is CCCN(C)c1cc(NC(=O)O)c([N+](=O)[O-])cc1C#N. The molecule has 2 N–H and O–H groups in total. The highest BCUT2D eigenvalue weighted by molar-refractivity contribution is 5.88. The van der Waals surface area contributed by atoms with Crippen molar-refractivity contribution in [3.63, 3.8) is 0 Å². The second-order valence-corrected chi connectivity index (χ2v) is 4.11. The number of nitrogens with one attached hydrogen (secondary N) is 1. The lowest BCUT2D eigenvalue weighted by atomic mass is 10.1. The normalized spacial score (nSPS) is 9.65. The third kappa shape index (κ3) is 3.35. The molecule has 106 valence electrons. The Labute approximate surface area is 115 Å². The number of nitrogens with zero attached hydrogens (tertiary/aromatic N) is 3. The molecule has 0 aliphatic rings. The maximum Gasteiger partial charge on any atom is 0.409 e. The van der Waals surface area contributed by atoms with Crippen LogP contribution in [-0.4, -0.2) is 29.7 Å². The van der Waals surface area contributed by atoms with Crippen molar-refractivity contribution in [1.82, 2.24) is 0 Å². The van der Waals surface area contributed by atoms with Crippen LogP contribution in [0.4, 0.5) is 21.9 Å². The average molecular weight is 278 g/mol. The Bertz CT molecular complexity index is 580. The maximum atomic E-state index is 10.9. The van der Waals surface area contributed by atoms with E-state index >= 15 is 0 Å². The van der Waals surface area contributed by atoms with Gasteiger partial charge in [-0.25, -0.2) is 4.79 Å². The number of hydrogen-bond acceptors (Lipinski definition) is 5. The molecular weight excluding hydrogens is 264 g/mol. The molecule has 0 bridgehead atoms. The molecule has 8 nitrogen and oxygen atoms in total. The van der Waals surface area contributed by atoms with Crippen LogP contribution in [0.3, 0.4) is 0 Å². The fraction of sp³-hybridized carbons (Fsp3) is 0.333. The zero-order valence-electron chi connectivity index (χ0n) is 11.1. The van der Waals surface area contributed by atoms with Crippen molar-refractivity contribution in [1.29, 1.82) is 5.26 Å². The van der Waals surface area contributed by atoms with Crippen molar-refractivity contribution in [3.05, 3.63) is 27.8 Å². The molecule has 0 fully saturated rings. The third-order valence-corrected chi connectivity index (χ3v) is 2.64. The fourth-order valence-corrected chi connectivity index (χ4v) is 1.80. The van der Waals surface area contributed by atoms with Gasteiger partial charge in [0.25, 0.3) is 5.69 Å². The summed E-state index contributed by atoms with van der Waals surface area (Å²) in [5.74, 6) is 0. The Morgan fingerprint density at radius 3 is 2.70 bits per heavy atom. The Morgan fingerprint density at radius 2 is 2.25 bits per heavy atom. The van der Waals surface area contributed by atoms with Crippen LogP contribution in [0.1, 0.15) is 18.9 Å². The zero-order valence-corrected chi connectivity index (χ0v) is 11.1. The largest absolute Gasteiger partial charge is 0.465 e. The van der Waals surface area contributed by atoms with E-state index in [4.69, 9.17) is 10.4 Å². The van der Waals surface area contributed by atoms with Crippen molar-refractivity contribution in [2.24, 2.45) is 0 Å². The van der Waals surface area contributed by atoms with E-state index in [1.807, 2.05) is 18.3 Å². The number of anilines is 2. The van der Waals surface area contributed by atoms with Crippen molar-refractivity contribution in [3.8, 4) is 6.07 Å². The quantitative estimate of drug-likeness (QED) is 0.630. The van der Waals surface area contributed by atoms with Gasteiger partial charge in [-0.2, -0.15) is 5.26 Å². The smallest absolute Gasteiger partial charge is 0.409 e. The van der Waals surface area contributed by atoms with Crippen LogP contribution in [0.25, 0.3) is 0 Å². The standard InChI is InChI=1S/C12H14N4O4/c1-3-4-15(2)10-6-9(14-12(17)18)11(16(19)20)5-8(10)7-13/h5-6,14H,3-4H2,1-2H3,(H,17,18). The summed E-state index contributed by atoms with van der Waals surface area (Å²) in [5.41, 5.74) is -0.0238. The van der Waals surface area contributed by atoms with Gasteiger partial charge in [0.05, 0.1) is 16.2 Å². The topological polar surface area (TPSA) is 120 Å². The van der Waals surface area contributed by atoms with E-state index in [0.717, 1.165) is 12.5 Å². The van der Waals surface area contributed by atoms with Gasteiger partial charge in [0.2, 0.25) is 0 Å². The number of nitriles is 1. The molecule has 1 rings (SSSR count). The van der Waals surface area contributed by atoms with Crippen molar-refractivity contribution < 1.29 is 14.8 Å². The Hall–Kier alpha value is -2.82. The average Bonchev–Trinajstić information content (AvgIpc) is 2.37. The van der Waals surface area contributed by atoms with E-state index in [2.05, 4.69) is 0 Å². The summed E-state index contributed by atoms with van der Waals surface area (Å²) < 4.78 is 0. The van der Waals surface area contributed by atoms with Crippen molar-refractivity contribution >= 4 is 23.2 Å². The predicted octanol–water partition coefficient (Wildman–Crippen LogP) is 2.40. The number of carboxylic acid groups (broad SMARTS) is 1. The first-order valence-corrected chi connectivity index (χ1v) is 5.84. The van der Waals surface area contributed by atoms with Gasteiger partial charge in [0, 0.05) is 19.7 Å². The van der Waals surface area contributed by atoms with Gasteiger partial charge in [-0.15, -0.1) is 0 Å². The zero-order chi connectivity index (χ0) is 15.3. The van der Waals surface area contributed by atoms with Gasteiger partial charge >= 0.3 is 6.09 Å². The van der Waals surface area contributed by atoms with E-state index in [-0.39, 0.29) is 11.3 Å². The van der Waals surface area contributed by atoms with Gasteiger partial charge in [-0.3, -0.25) is 15.4 Å². The van der Waals surface area contributed by atoms with E-state index in [0.29, 0.717) is 12.2 Å². The van der Waals surface area contributed by atoms with Gasteiger partial charge in [0.15, 0.2) is 0 Å². The lowest BCUT2D eigenvalue weighted by Gasteiger charge is -2.20. The van der Waals surface area contributed by atoms with E-state index in [1.54, 1.807) is 11.9 Å². The van der Waals surface area contributed by atoms with Crippen LogP contribution < -0.4 is 10.2 Å². The molecule has 8 heteroatoms. The number of amides is 1. The number of rotatable bonds is 5. The van der Waals surface area contributed by atoms with Gasteiger partial charge in [-0.05, 0) is 12.5 Å². The van der Waals surface area contributed by atoms with Crippen LogP contribution in [0, 0.1) is 21.4 Å². The van der Waals surface area contributed by atoms with Crippen LogP contribution in [0.2, 0.25) is 0 Å². The second-order valence-electron chi connectivity index (χ2n) is 4.11. The molecule has 0 aliphatic carbocycles. The summed E-state index contributed by atoms with van der Waals surface area (Å²) in [6.07, 6.45) is -0.582. The number of nitro benzene ring substituents is 1. The maximum absolute atomic E-state index is 10.9. The summed E-state index contributed by atoms with van der Waals surface area (Å²) in [6.45, 7) is 2.59. The van der Waals surface area contributed by atoms with Crippen molar-refractivity contribution in [2.45, 2.75) is 13.3 Å². The molecule has 0 unspecified atom stereocenters. The number of hydrogen-bond donors (Lipinski definition) is 2. The first-order chi connectivity index (χ1) is 9.40. The molecule has 0 aliphatic heterocycles. The minimum atomic E-state index is -1.40. The molecule has 0 spiro atoms. The van der Waals surface area contributed by atoms with E-state index < -0.39 is 16.7 Å². The number of nitro groups is 1. The number of benzene rings is 1. The molecular formula is C12H14N4O4. The minimum absolute atomic E-state index is 0.128. The second kappa shape index (κ2) is 6.38. The molecule has 20 heavy (non-hydrogen) atoms. The lowest BCUT2D eigenvalue weighted by Crippen LogP contribution is -2.20. The number of carbonyl (C=O) groups is 1. The molecule has 0 atom stereocenters. The van der Waals surface area contributed by atoms with Gasteiger partial charge in [0.1, 0.15) is 11.8 Å². The first kappa shape index (κ1) is 15.2. The van der Waals surface area contributed by atoms with Crippen LogP contribution in [-0.2, 0) is 0 Å². The molecule has 1 aromatic rings. The summed E-state index contributed by atoms with van der Waals surface area (Å²) in [7, 11) is 1.73. The van der Waals surface area contributed by atoms with E-state index in [1.165, 1.54) is 6.07 Å². The Kier molecular flexibility index (Phi) is 4.86. The molecule has 1 aromatic carbocycles. The van der Waals surface area contributed by atoms with E-state index in [9.17, 15) is 14.9 Å². The van der Waals surface area contributed by atoms with Crippen LogP contribution in [0.15, 0.2) is 12.1 Å². The molecule has 1 amide bonds. The first-order valence-electron chi connectivity index (χ1n) is 5.84. The predicted molar refractivity (Wildman–Crippen MR) is 73.0 cm³/mol. The Balaban J connectivity index is 3.42. The summed E-state index contributed by atoms with van der Waals surface area (Å²) in [5, 5.41) is 30.7. The molecule has 0 heterocycles. The molecule has 0 saturated heterocycles. The molecule has 0 saturated carbocycles. The Morgan fingerprint density at radius 1 is 1.60 bits per heavy atom. The van der Waals surface area contributed by atoms with Crippen molar-refractivity contribution in [2.75, 3.05) is 23.8 Å². The summed E-state index contributed by atoms with van der Waals surface area (Å²) >= 11 is 0. The third-order valence-electron chi connectivity index (χ3n) is 2.64. The minimum Gasteiger partial charge on any atom is -0.465 e. The molecule has 0 aromatic heterocycles. The van der Waals surface area contributed by atoms with Crippen LogP contribution >= 0.6 is 0 Å². The highest BCUT2D eigenvalue weighted by Gasteiger charge is 2.21. The highest BCUT2D eigenvalue weighted by atomic mass is 16.6. The highest BCUT2D eigenvalue weighted by Crippen LogP contribution is 2.32. The van der Waals surface area contributed by atoms with Gasteiger partial charge in [-0.1, -0.05) is 6.92 Å². The fourth-order valence-electron chi connectivity index (χ4n) is 1.80. The summed E-state index contributed by atoms with van der Waals surface area (Å²) in [6, 6.07) is 4.27. The monoisotopic (exact) mass is 278 g/mol. The lowest BCUT2D eigenvalue weighted by molar-refractivity contribution is -0.383.